The Morgan fingerprint density at radius 1 is 0.419 bits per heavy atom. The Morgan fingerprint density at radius 3 is 1.35 bits per heavy atom. The van der Waals surface area contributed by atoms with Gasteiger partial charge in [-0.2, -0.15) is 0 Å². The SMILES string of the molecule is CC(=O)N[C@@H]1[C@@H](O)[C@H](O[C@@H]2O[C@H](CO)[C@@H](O[C@@H]3O[C@H](CO[C@@H]4O[C@H](CO)[C@@H](O)[C@H](O[C@H]5O[C@H](CO)[C@@H](O)[C@H](O)[C@@H]5O)[C@@H]4O)[C@@H](O)[C@H](O)[C@@H]3O)[C@H](O)[C@H]2NC(C)=O)[C@@H](CO)O[C@H]1O. The lowest BCUT2D eigenvalue weighted by atomic mass is 9.94. The van der Waals surface area contributed by atoms with Gasteiger partial charge in [-0.25, -0.2) is 0 Å². The Morgan fingerprint density at radius 2 is 0.823 bits per heavy atom. The van der Waals surface area contributed by atoms with Gasteiger partial charge in [0.15, 0.2) is 31.5 Å². The monoisotopic (exact) mass is 910 g/mol. The molecule has 0 bridgehead atoms. The maximum absolute atomic E-state index is 12.3. The van der Waals surface area contributed by atoms with E-state index in [1.165, 1.54) is 0 Å². The molecule has 0 saturated carbocycles. The van der Waals surface area contributed by atoms with Crippen molar-refractivity contribution >= 4 is 11.8 Å². The van der Waals surface area contributed by atoms with E-state index in [9.17, 15) is 86.2 Å². The highest BCUT2D eigenvalue weighted by Gasteiger charge is 2.55. The smallest absolute Gasteiger partial charge is 0.217 e. The molecule has 360 valence electrons. The zero-order valence-electron chi connectivity index (χ0n) is 33.2. The summed E-state index contributed by atoms with van der Waals surface area (Å²) >= 11 is 0. The molecule has 5 aliphatic rings. The number of hydrogen-bond acceptors (Lipinski definition) is 26. The van der Waals surface area contributed by atoms with E-state index in [0.29, 0.717) is 0 Å². The second-order valence-corrected chi connectivity index (χ2v) is 15.5. The third-order valence-electron chi connectivity index (χ3n) is 11.1. The average molecular weight is 911 g/mol. The lowest BCUT2D eigenvalue weighted by Crippen LogP contribution is -2.70. The van der Waals surface area contributed by atoms with Gasteiger partial charge in [-0.05, 0) is 0 Å². The zero-order chi connectivity index (χ0) is 45.9. The van der Waals surface area contributed by atoms with Crippen LogP contribution in [-0.4, -0.2) is 275 Å². The van der Waals surface area contributed by atoms with Gasteiger partial charge < -0.3 is 130 Å². The molecule has 0 aromatic rings. The molecule has 17 N–H and O–H groups in total. The molecule has 0 spiro atoms. The second-order valence-electron chi connectivity index (χ2n) is 15.5. The Kier molecular flexibility index (Phi) is 18.1. The number of amides is 2. The van der Waals surface area contributed by atoms with Crippen molar-refractivity contribution in [3.8, 4) is 0 Å². The van der Waals surface area contributed by atoms with Crippen LogP contribution in [0.3, 0.4) is 0 Å². The van der Waals surface area contributed by atoms with Gasteiger partial charge in [0.2, 0.25) is 11.8 Å². The van der Waals surface area contributed by atoms with Gasteiger partial charge in [-0.3, -0.25) is 9.59 Å². The lowest BCUT2D eigenvalue weighted by Gasteiger charge is -2.49. The predicted molar refractivity (Wildman–Crippen MR) is 190 cm³/mol. The van der Waals surface area contributed by atoms with Crippen LogP contribution in [0.2, 0.25) is 0 Å². The molecular weight excluding hydrogens is 852 g/mol. The maximum atomic E-state index is 12.3. The number of aliphatic hydroxyl groups is 15. The first kappa shape index (κ1) is 51.0. The van der Waals surface area contributed by atoms with Crippen LogP contribution in [0.15, 0.2) is 0 Å². The van der Waals surface area contributed by atoms with Gasteiger partial charge >= 0.3 is 0 Å². The largest absolute Gasteiger partial charge is 0.394 e. The molecule has 2 amide bonds. The van der Waals surface area contributed by atoms with Gasteiger partial charge in [0, 0.05) is 13.8 Å². The van der Waals surface area contributed by atoms with Gasteiger partial charge in [0.25, 0.3) is 0 Å². The van der Waals surface area contributed by atoms with Gasteiger partial charge in [0.05, 0.1) is 33.0 Å². The third-order valence-corrected chi connectivity index (χ3v) is 11.1. The number of rotatable bonds is 15. The van der Waals surface area contributed by atoms with E-state index in [0.717, 1.165) is 13.8 Å². The van der Waals surface area contributed by atoms with Crippen LogP contribution >= 0.6 is 0 Å². The van der Waals surface area contributed by atoms with Crippen LogP contribution in [0.5, 0.6) is 0 Å². The third kappa shape index (κ3) is 11.0. The molecular formula is C34H58N2O26. The first-order chi connectivity index (χ1) is 29.3. The van der Waals surface area contributed by atoms with Crippen molar-refractivity contribution in [2.24, 2.45) is 0 Å². The number of carbonyl (C=O) groups is 2. The van der Waals surface area contributed by atoms with Crippen LogP contribution in [0.4, 0.5) is 0 Å². The molecule has 5 heterocycles. The minimum atomic E-state index is -2.08. The minimum absolute atomic E-state index is 0.680. The van der Waals surface area contributed by atoms with Crippen molar-refractivity contribution in [2.45, 2.75) is 167 Å². The van der Waals surface area contributed by atoms with Gasteiger partial charge in [-0.15, -0.1) is 0 Å². The van der Waals surface area contributed by atoms with Gasteiger partial charge in [-0.1, -0.05) is 0 Å². The molecule has 28 heteroatoms. The van der Waals surface area contributed by atoms with E-state index in [-0.39, 0.29) is 0 Å². The fraction of sp³-hybridized carbons (Fsp3) is 0.941. The standard InChI is InChI=1S/C34H58N2O26/c1-8(41)35-15-20(46)27(12(5-39)55-30(15)53)60-31-16(36-9(2)42)21(47)28(13(6-40)58-31)61-34-25(51)23(49)18(44)14(59-34)7-54-32-26(52)29(19(45)11(4-38)56-32)62-33-24(50)22(48)17(43)10(3-37)57-33/h10-34,37-40,43-53H,3-7H2,1-2H3,(H,35,41)(H,36,42)/t10-,11-,12-,13-,14-,15-,16-,17-,18-,19-,20-,21-,22+,23+,24+,25+,26+,27-,28-,29+,30-,31+,32-,33-,34+/m1/s1. The van der Waals surface area contributed by atoms with E-state index >= 15 is 0 Å². The molecule has 5 fully saturated rings. The van der Waals surface area contributed by atoms with Crippen LogP contribution in [0, 0.1) is 0 Å². The summed E-state index contributed by atoms with van der Waals surface area (Å²) in [5.74, 6) is -1.45. The van der Waals surface area contributed by atoms with Crippen LogP contribution < -0.4 is 10.6 Å². The summed E-state index contributed by atoms with van der Waals surface area (Å²) in [4.78, 5) is 24.1. The van der Waals surface area contributed by atoms with E-state index in [2.05, 4.69) is 10.6 Å². The summed E-state index contributed by atoms with van der Waals surface area (Å²) in [6.07, 6.45) is -41.5. The molecule has 0 unspecified atom stereocenters. The maximum Gasteiger partial charge on any atom is 0.217 e. The van der Waals surface area contributed by atoms with Crippen molar-refractivity contribution in [3.05, 3.63) is 0 Å². The molecule has 0 aromatic carbocycles. The Hall–Kier alpha value is -2.02. The number of ether oxygens (including phenoxy) is 9. The molecule has 0 aromatic heterocycles. The van der Waals surface area contributed by atoms with Crippen molar-refractivity contribution in [1.82, 2.24) is 10.6 Å². The Balaban J connectivity index is 1.29. The van der Waals surface area contributed by atoms with Crippen LogP contribution in [-0.2, 0) is 52.2 Å². The summed E-state index contributed by atoms with van der Waals surface area (Å²) in [7, 11) is 0. The molecule has 0 aliphatic carbocycles. The molecule has 62 heavy (non-hydrogen) atoms. The highest BCUT2D eigenvalue weighted by atomic mass is 16.8. The quantitative estimate of drug-likeness (QED) is 0.0725. The fourth-order valence-electron chi connectivity index (χ4n) is 7.73. The lowest BCUT2D eigenvalue weighted by molar-refractivity contribution is -0.373. The van der Waals surface area contributed by atoms with E-state index < -0.39 is 198 Å². The zero-order valence-corrected chi connectivity index (χ0v) is 33.2. The second kappa shape index (κ2) is 22.0. The summed E-state index contributed by atoms with van der Waals surface area (Å²) < 4.78 is 50.4. The normalized spacial score (nSPS) is 49.0. The molecule has 25 atom stereocenters. The minimum Gasteiger partial charge on any atom is -0.394 e. The molecule has 5 rings (SSSR count). The number of hydrogen-bond donors (Lipinski definition) is 17. The molecule has 0 radical (unpaired) electrons. The highest BCUT2D eigenvalue weighted by molar-refractivity contribution is 5.73. The number of carbonyl (C=O) groups excluding carboxylic acids is 2. The summed E-state index contributed by atoms with van der Waals surface area (Å²) in [6.45, 7) is -2.22. The predicted octanol–water partition coefficient (Wildman–Crippen LogP) is -11.6. The molecule has 5 aliphatic heterocycles. The molecule has 5 saturated heterocycles. The van der Waals surface area contributed by atoms with E-state index in [4.69, 9.17) is 42.6 Å². The highest BCUT2D eigenvalue weighted by Crippen LogP contribution is 2.34. The van der Waals surface area contributed by atoms with Crippen LogP contribution in [0.25, 0.3) is 0 Å². The number of nitrogens with one attached hydrogen (secondary N) is 2. The van der Waals surface area contributed by atoms with Crippen molar-refractivity contribution in [1.29, 1.82) is 0 Å². The number of aliphatic hydroxyl groups excluding tert-OH is 15. The Bertz CT molecular complexity index is 1440. The average Bonchev–Trinajstić information content (AvgIpc) is 3.23. The van der Waals surface area contributed by atoms with E-state index in [1.807, 2.05) is 0 Å². The first-order valence-electron chi connectivity index (χ1n) is 19.6. The summed E-state index contributed by atoms with van der Waals surface area (Å²) in [6, 6.07) is -3.12. The topological polar surface area (TPSA) is 445 Å². The molecule has 28 nitrogen and oxygen atoms in total. The summed E-state index contributed by atoms with van der Waals surface area (Å²) in [5.41, 5.74) is 0. The van der Waals surface area contributed by atoms with E-state index in [1.54, 1.807) is 0 Å². The van der Waals surface area contributed by atoms with Crippen molar-refractivity contribution < 1.29 is 129 Å². The van der Waals surface area contributed by atoms with Crippen LogP contribution in [0.1, 0.15) is 13.8 Å². The van der Waals surface area contributed by atoms with Gasteiger partial charge in [0.1, 0.15) is 122 Å². The Labute approximate surface area is 351 Å². The van der Waals surface area contributed by atoms with Crippen molar-refractivity contribution in [3.63, 3.8) is 0 Å². The summed E-state index contributed by atoms with van der Waals surface area (Å²) in [5, 5.41) is 162. The fourth-order valence-corrected chi connectivity index (χ4v) is 7.73. The van der Waals surface area contributed by atoms with Crippen molar-refractivity contribution in [2.75, 3.05) is 33.0 Å². The first-order valence-corrected chi connectivity index (χ1v) is 19.6.